The van der Waals surface area contributed by atoms with E-state index < -0.39 is 5.97 Å². The fourth-order valence-electron chi connectivity index (χ4n) is 1.35. The van der Waals surface area contributed by atoms with E-state index >= 15 is 0 Å². The van der Waals surface area contributed by atoms with Gasteiger partial charge in [-0.05, 0) is 24.3 Å². The number of hydrogen-bond acceptors (Lipinski definition) is 4. The molecule has 0 fully saturated rings. The normalized spacial score (nSPS) is 10.2. The molecule has 1 aromatic heterocycles. The Morgan fingerprint density at radius 3 is 2.67 bits per heavy atom. The van der Waals surface area contributed by atoms with E-state index in [2.05, 4.69) is 14.7 Å². The SMILES string of the molecule is COC(=O)c1ccnc(-c2ccc(Cl)c(Cl)c2)n1. The van der Waals surface area contributed by atoms with Gasteiger partial charge in [0.15, 0.2) is 11.5 Å². The van der Waals surface area contributed by atoms with Crippen molar-refractivity contribution in [2.24, 2.45) is 0 Å². The van der Waals surface area contributed by atoms with E-state index in [1.807, 2.05) is 0 Å². The Morgan fingerprint density at radius 2 is 2.00 bits per heavy atom. The Labute approximate surface area is 114 Å². The summed E-state index contributed by atoms with van der Waals surface area (Å²) in [7, 11) is 1.29. The minimum absolute atomic E-state index is 0.188. The average molecular weight is 283 g/mol. The van der Waals surface area contributed by atoms with Gasteiger partial charge in [-0.1, -0.05) is 23.2 Å². The van der Waals surface area contributed by atoms with Crippen molar-refractivity contribution in [2.45, 2.75) is 0 Å². The van der Waals surface area contributed by atoms with Gasteiger partial charge in [-0.2, -0.15) is 0 Å². The zero-order valence-corrected chi connectivity index (χ0v) is 10.9. The van der Waals surface area contributed by atoms with Crippen molar-refractivity contribution in [1.82, 2.24) is 9.97 Å². The van der Waals surface area contributed by atoms with E-state index in [1.165, 1.54) is 19.4 Å². The highest BCUT2D eigenvalue weighted by atomic mass is 35.5. The van der Waals surface area contributed by atoms with Crippen LogP contribution in [0.5, 0.6) is 0 Å². The highest BCUT2D eigenvalue weighted by Crippen LogP contribution is 2.26. The molecule has 0 aliphatic heterocycles. The Bertz CT molecular complexity index is 602. The standard InChI is InChI=1S/C12H8Cl2N2O2/c1-18-12(17)10-4-5-15-11(16-10)7-2-3-8(13)9(14)6-7/h2-6H,1H3. The second kappa shape index (κ2) is 5.33. The van der Waals surface area contributed by atoms with Crippen LogP contribution in [0.3, 0.4) is 0 Å². The quantitative estimate of drug-likeness (QED) is 0.794. The number of hydrogen-bond donors (Lipinski definition) is 0. The van der Waals surface area contributed by atoms with Gasteiger partial charge in [0.2, 0.25) is 0 Å². The molecule has 0 saturated carbocycles. The molecule has 0 amide bonds. The smallest absolute Gasteiger partial charge is 0.356 e. The molecule has 0 unspecified atom stereocenters. The summed E-state index contributed by atoms with van der Waals surface area (Å²) in [6.45, 7) is 0. The van der Waals surface area contributed by atoms with Crippen LogP contribution in [-0.4, -0.2) is 23.0 Å². The number of nitrogens with zero attached hydrogens (tertiary/aromatic N) is 2. The first-order valence-electron chi connectivity index (χ1n) is 4.98. The molecular weight excluding hydrogens is 275 g/mol. The highest BCUT2D eigenvalue weighted by molar-refractivity contribution is 6.42. The van der Waals surface area contributed by atoms with Crippen LogP contribution in [0.2, 0.25) is 10.0 Å². The average Bonchev–Trinajstić information content (AvgIpc) is 2.41. The third kappa shape index (κ3) is 2.60. The van der Waals surface area contributed by atoms with Gasteiger partial charge in [-0.15, -0.1) is 0 Å². The molecule has 18 heavy (non-hydrogen) atoms. The number of carbonyl (C=O) groups is 1. The molecule has 0 aliphatic rings. The lowest BCUT2D eigenvalue weighted by Gasteiger charge is -2.03. The van der Waals surface area contributed by atoms with E-state index in [4.69, 9.17) is 23.2 Å². The lowest BCUT2D eigenvalue weighted by molar-refractivity contribution is 0.0594. The maximum Gasteiger partial charge on any atom is 0.356 e. The van der Waals surface area contributed by atoms with Gasteiger partial charge in [0.25, 0.3) is 0 Å². The van der Waals surface area contributed by atoms with Gasteiger partial charge < -0.3 is 4.74 Å². The van der Waals surface area contributed by atoms with Crippen LogP contribution in [0.1, 0.15) is 10.5 Å². The van der Waals surface area contributed by atoms with E-state index in [0.29, 0.717) is 21.4 Å². The molecule has 2 aromatic rings. The molecule has 0 N–H and O–H groups in total. The minimum atomic E-state index is -0.515. The molecule has 0 atom stereocenters. The summed E-state index contributed by atoms with van der Waals surface area (Å²) in [6.07, 6.45) is 1.48. The van der Waals surface area contributed by atoms with Crippen LogP contribution in [0.4, 0.5) is 0 Å². The molecule has 2 rings (SSSR count). The van der Waals surface area contributed by atoms with Gasteiger partial charge in [-0.3, -0.25) is 0 Å². The molecule has 0 aliphatic carbocycles. The molecule has 6 heteroatoms. The zero-order valence-electron chi connectivity index (χ0n) is 9.35. The number of halogens is 2. The van der Waals surface area contributed by atoms with Gasteiger partial charge in [0.05, 0.1) is 17.2 Å². The minimum Gasteiger partial charge on any atom is -0.464 e. The third-order valence-electron chi connectivity index (χ3n) is 2.23. The van der Waals surface area contributed by atoms with E-state index in [9.17, 15) is 4.79 Å². The fourth-order valence-corrected chi connectivity index (χ4v) is 1.65. The van der Waals surface area contributed by atoms with Crippen molar-refractivity contribution < 1.29 is 9.53 Å². The maximum absolute atomic E-state index is 11.4. The lowest BCUT2D eigenvalue weighted by atomic mass is 10.2. The molecule has 1 heterocycles. The number of carbonyl (C=O) groups excluding carboxylic acids is 1. The Morgan fingerprint density at radius 1 is 1.22 bits per heavy atom. The van der Waals surface area contributed by atoms with Crippen molar-refractivity contribution >= 4 is 29.2 Å². The largest absolute Gasteiger partial charge is 0.464 e. The molecule has 0 spiro atoms. The predicted octanol–water partition coefficient (Wildman–Crippen LogP) is 3.24. The maximum atomic E-state index is 11.4. The number of esters is 1. The summed E-state index contributed by atoms with van der Waals surface area (Å²) < 4.78 is 4.59. The number of aromatic nitrogens is 2. The molecule has 92 valence electrons. The van der Waals surface area contributed by atoms with Crippen LogP contribution in [-0.2, 0) is 4.74 Å². The van der Waals surface area contributed by atoms with Gasteiger partial charge in [0, 0.05) is 11.8 Å². The van der Waals surface area contributed by atoms with Crippen molar-refractivity contribution in [2.75, 3.05) is 7.11 Å². The number of benzene rings is 1. The second-order valence-electron chi connectivity index (χ2n) is 3.39. The summed E-state index contributed by atoms with van der Waals surface area (Å²) in [5, 5.41) is 0.853. The van der Waals surface area contributed by atoms with E-state index in [1.54, 1.807) is 18.2 Å². The van der Waals surface area contributed by atoms with E-state index in [0.717, 1.165) is 0 Å². The van der Waals surface area contributed by atoms with Crippen molar-refractivity contribution in [3.05, 3.63) is 46.2 Å². The monoisotopic (exact) mass is 282 g/mol. The van der Waals surface area contributed by atoms with Crippen LogP contribution in [0.25, 0.3) is 11.4 Å². The molecule has 0 saturated heterocycles. The Balaban J connectivity index is 2.44. The zero-order chi connectivity index (χ0) is 13.1. The summed E-state index contributed by atoms with van der Waals surface area (Å²) >= 11 is 11.7. The molecule has 0 radical (unpaired) electrons. The van der Waals surface area contributed by atoms with Crippen LogP contribution >= 0.6 is 23.2 Å². The molecular formula is C12H8Cl2N2O2. The predicted molar refractivity (Wildman–Crippen MR) is 68.8 cm³/mol. The molecule has 1 aromatic carbocycles. The lowest BCUT2D eigenvalue weighted by Crippen LogP contribution is -2.05. The van der Waals surface area contributed by atoms with Crippen LogP contribution in [0, 0.1) is 0 Å². The first kappa shape index (κ1) is 12.8. The first-order valence-corrected chi connectivity index (χ1v) is 5.74. The van der Waals surface area contributed by atoms with Crippen molar-refractivity contribution in [3.8, 4) is 11.4 Å². The first-order chi connectivity index (χ1) is 8.61. The Hall–Kier alpha value is -1.65. The topological polar surface area (TPSA) is 52.1 Å². The highest BCUT2D eigenvalue weighted by Gasteiger charge is 2.10. The molecule has 4 nitrogen and oxygen atoms in total. The molecule has 0 bridgehead atoms. The fraction of sp³-hybridized carbons (Fsp3) is 0.0833. The van der Waals surface area contributed by atoms with Gasteiger partial charge in [0.1, 0.15) is 0 Å². The van der Waals surface area contributed by atoms with Crippen molar-refractivity contribution in [3.63, 3.8) is 0 Å². The van der Waals surface area contributed by atoms with E-state index in [-0.39, 0.29) is 5.69 Å². The second-order valence-corrected chi connectivity index (χ2v) is 4.20. The number of ether oxygens (including phenoxy) is 1. The summed E-state index contributed by atoms with van der Waals surface area (Å²) in [5.74, 6) is -0.129. The summed E-state index contributed by atoms with van der Waals surface area (Å²) in [5.41, 5.74) is 0.865. The van der Waals surface area contributed by atoms with Crippen molar-refractivity contribution in [1.29, 1.82) is 0 Å². The Kier molecular flexibility index (Phi) is 3.79. The van der Waals surface area contributed by atoms with Crippen LogP contribution in [0.15, 0.2) is 30.5 Å². The van der Waals surface area contributed by atoms with Crippen LogP contribution < -0.4 is 0 Å². The number of rotatable bonds is 2. The third-order valence-corrected chi connectivity index (χ3v) is 2.97. The number of methoxy groups -OCH3 is 1. The van der Waals surface area contributed by atoms with Gasteiger partial charge >= 0.3 is 5.97 Å². The summed E-state index contributed by atoms with van der Waals surface area (Å²) in [4.78, 5) is 19.5. The summed E-state index contributed by atoms with van der Waals surface area (Å²) in [6, 6.07) is 6.49. The van der Waals surface area contributed by atoms with Gasteiger partial charge in [-0.25, -0.2) is 14.8 Å².